The van der Waals surface area contributed by atoms with Crippen molar-refractivity contribution in [2.24, 2.45) is 0 Å². The molecule has 0 fully saturated rings. The molecule has 4 nitrogen and oxygen atoms in total. The third-order valence-electron chi connectivity index (χ3n) is 3.64. The average molecular weight is 247 g/mol. The van der Waals surface area contributed by atoms with Crippen LogP contribution in [0.15, 0.2) is 24.4 Å². The zero-order valence-electron chi connectivity index (χ0n) is 11.3. The number of aliphatic hydroxyl groups excluding tert-OH is 1. The van der Waals surface area contributed by atoms with Crippen molar-refractivity contribution in [1.82, 2.24) is 14.7 Å². The number of aromatic nitrogens is 2. The highest BCUT2D eigenvalue weighted by Crippen LogP contribution is 2.14. The zero-order valence-corrected chi connectivity index (χ0v) is 11.3. The molecule has 0 aliphatic heterocycles. The second-order valence-corrected chi connectivity index (χ2v) is 5.00. The van der Waals surface area contributed by atoms with Gasteiger partial charge in [0.25, 0.3) is 0 Å². The summed E-state index contributed by atoms with van der Waals surface area (Å²) in [6, 6.07) is 5.99. The van der Waals surface area contributed by atoms with E-state index in [9.17, 15) is 5.11 Å². The molecule has 18 heavy (non-hydrogen) atoms. The molecule has 2 aromatic rings. The number of pyridine rings is 1. The van der Waals surface area contributed by atoms with Crippen molar-refractivity contribution in [1.29, 1.82) is 0 Å². The minimum atomic E-state index is -0.231. The quantitative estimate of drug-likeness (QED) is 0.848. The highest BCUT2D eigenvalue weighted by molar-refractivity contribution is 5.42. The topological polar surface area (TPSA) is 49.6 Å². The molecule has 2 rings (SSSR count). The van der Waals surface area contributed by atoms with Crippen molar-refractivity contribution in [2.75, 3.05) is 6.61 Å². The Morgan fingerprint density at radius 1 is 1.44 bits per heavy atom. The summed E-state index contributed by atoms with van der Waals surface area (Å²) in [7, 11) is 0. The monoisotopic (exact) mass is 247 g/mol. The highest BCUT2D eigenvalue weighted by Gasteiger charge is 2.21. The summed E-state index contributed by atoms with van der Waals surface area (Å²) in [5, 5.41) is 12.8. The Bertz CT molecular complexity index is 529. The van der Waals surface area contributed by atoms with E-state index < -0.39 is 0 Å². The van der Waals surface area contributed by atoms with Gasteiger partial charge in [-0.05, 0) is 32.4 Å². The minimum absolute atomic E-state index is 0.138. The van der Waals surface area contributed by atoms with Crippen LogP contribution in [0.25, 0.3) is 5.65 Å². The Morgan fingerprint density at radius 3 is 2.89 bits per heavy atom. The number of imidazole rings is 1. The third-order valence-corrected chi connectivity index (χ3v) is 3.64. The second kappa shape index (κ2) is 5.08. The van der Waals surface area contributed by atoms with Gasteiger partial charge in [0.15, 0.2) is 0 Å². The maximum Gasteiger partial charge on any atom is 0.137 e. The van der Waals surface area contributed by atoms with E-state index >= 15 is 0 Å². The van der Waals surface area contributed by atoms with Gasteiger partial charge >= 0.3 is 0 Å². The molecule has 98 valence electrons. The molecule has 0 amide bonds. The molecule has 2 aromatic heterocycles. The van der Waals surface area contributed by atoms with Gasteiger partial charge < -0.3 is 14.8 Å². The van der Waals surface area contributed by atoms with Crippen molar-refractivity contribution in [3.8, 4) is 0 Å². The van der Waals surface area contributed by atoms with Crippen LogP contribution in [0.4, 0.5) is 0 Å². The van der Waals surface area contributed by atoms with Gasteiger partial charge in [0.05, 0.1) is 18.0 Å². The zero-order chi connectivity index (χ0) is 13.2. The van der Waals surface area contributed by atoms with Crippen LogP contribution in [-0.4, -0.2) is 26.6 Å². The van der Waals surface area contributed by atoms with Crippen LogP contribution in [0.3, 0.4) is 0 Å². The van der Waals surface area contributed by atoms with Crippen LogP contribution < -0.4 is 5.32 Å². The molecule has 0 radical (unpaired) electrons. The number of hydrogen-bond donors (Lipinski definition) is 2. The predicted octanol–water partition coefficient (Wildman–Crippen LogP) is 1.89. The fourth-order valence-electron chi connectivity index (χ4n) is 1.97. The molecule has 2 N–H and O–H groups in total. The third kappa shape index (κ3) is 2.40. The number of aliphatic hydroxyl groups is 1. The first kappa shape index (κ1) is 13.1. The number of nitrogens with zero attached hydrogens (tertiary/aromatic N) is 2. The highest BCUT2D eigenvalue weighted by atomic mass is 16.3. The van der Waals surface area contributed by atoms with Gasteiger partial charge in [0.2, 0.25) is 0 Å². The maximum atomic E-state index is 9.41. The van der Waals surface area contributed by atoms with E-state index in [-0.39, 0.29) is 12.1 Å². The van der Waals surface area contributed by atoms with E-state index in [1.807, 2.05) is 38.2 Å². The van der Waals surface area contributed by atoms with E-state index in [1.54, 1.807) is 0 Å². The van der Waals surface area contributed by atoms with Gasteiger partial charge in [-0.1, -0.05) is 13.0 Å². The standard InChI is InChI=1S/C14H21N3O/c1-4-14(3,10-18)15-9-12-11(2)16-13-7-5-6-8-17(12)13/h5-8,15,18H,4,9-10H2,1-3H3. The molecule has 0 aliphatic carbocycles. The lowest BCUT2D eigenvalue weighted by atomic mass is 10.0. The SMILES string of the molecule is CCC(C)(CO)NCc1c(C)nc2ccccn12. The Labute approximate surface area is 108 Å². The Morgan fingerprint density at radius 2 is 2.22 bits per heavy atom. The van der Waals surface area contributed by atoms with Gasteiger partial charge in [-0.2, -0.15) is 0 Å². The molecule has 0 aromatic carbocycles. The van der Waals surface area contributed by atoms with Crippen molar-refractivity contribution in [3.63, 3.8) is 0 Å². The molecular weight excluding hydrogens is 226 g/mol. The lowest BCUT2D eigenvalue weighted by Gasteiger charge is -2.27. The van der Waals surface area contributed by atoms with E-state index in [4.69, 9.17) is 0 Å². The molecule has 4 heteroatoms. The first-order valence-electron chi connectivity index (χ1n) is 6.38. The summed E-state index contributed by atoms with van der Waals surface area (Å²) < 4.78 is 2.09. The lowest BCUT2D eigenvalue weighted by Crippen LogP contribution is -2.44. The van der Waals surface area contributed by atoms with Gasteiger partial charge in [0.1, 0.15) is 5.65 Å². The van der Waals surface area contributed by atoms with Crippen molar-refractivity contribution >= 4 is 5.65 Å². The predicted molar refractivity (Wildman–Crippen MR) is 72.6 cm³/mol. The number of aryl methyl sites for hydroxylation is 1. The molecule has 0 saturated carbocycles. The molecule has 0 saturated heterocycles. The van der Waals surface area contributed by atoms with E-state index in [1.165, 1.54) is 0 Å². The van der Waals surface area contributed by atoms with Crippen molar-refractivity contribution in [2.45, 2.75) is 39.3 Å². The average Bonchev–Trinajstić information content (AvgIpc) is 2.72. The van der Waals surface area contributed by atoms with Crippen LogP contribution in [0.2, 0.25) is 0 Å². The number of hydrogen-bond acceptors (Lipinski definition) is 3. The van der Waals surface area contributed by atoms with E-state index in [0.717, 1.165) is 23.5 Å². The van der Waals surface area contributed by atoms with Crippen LogP contribution in [0.5, 0.6) is 0 Å². The Balaban J connectivity index is 2.24. The summed E-state index contributed by atoms with van der Waals surface area (Å²) in [4.78, 5) is 4.53. The first-order valence-corrected chi connectivity index (χ1v) is 6.38. The van der Waals surface area contributed by atoms with Crippen LogP contribution >= 0.6 is 0 Å². The van der Waals surface area contributed by atoms with Gasteiger partial charge in [0, 0.05) is 18.3 Å². The number of nitrogens with one attached hydrogen (secondary N) is 1. The summed E-state index contributed by atoms with van der Waals surface area (Å²) >= 11 is 0. The Kier molecular flexibility index (Phi) is 3.68. The van der Waals surface area contributed by atoms with Crippen LogP contribution in [0, 0.1) is 6.92 Å². The molecule has 0 spiro atoms. The Hall–Kier alpha value is -1.39. The largest absolute Gasteiger partial charge is 0.394 e. The number of fused-ring (bicyclic) bond motifs is 1. The fraction of sp³-hybridized carbons (Fsp3) is 0.500. The van der Waals surface area contributed by atoms with Gasteiger partial charge in [-0.3, -0.25) is 0 Å². The van der Waals surface area contributed by atoms with E-state index in [0.29, 0.717) is 6.54 Å². The molecule has 1 atom stereocenters. The van der Waals surface area contributed by atoms with Crippen molar-refractivity contribution in [3.05, 3.63) is 35.8 Å². The molecule has 0 aliphatic rings. The fourth-order valence-corrected chi connectivity index (χ4v) is 1.97. The normalized spacial score (nSPS) is 14.9. The van der Waals surface area contributed by atoms with Gasteiger partial charge in [-0.25, -0.2) is 4.98 Å². The smallest absolute Gasteiger partial charge is 0.137 e. The molecule has 2 heterocycles. The summed E-state index contributed by atoms with van der Waals surface area (Å²) in [6.45, 7) is 6.98. The summed E-state index contributed by atoms with van der Waals surface area (Å²) in [5.74, 6) is 0. The second-order valence-electron chi connectivity index (χ2n) is 5.00. The van der Waals surface area contributed by atoms with E-state index in [2.05, 4.69) is 21.6 Å². The first-order chi connectivity index (χ1) is 8.59. The summed E-state index contributed by atoms with van der Waals surface area (Å²) in [6.07, 6.45) is 2.91. The molecule has 0 bridgehead atoms. The minimum Gasteiger partial charge on any atom is -0.394 e. The maximum absolute atomic E-state index is 9.41. The van der Waals surface area contributed by atoms with Crippen LogP contribution in [0.1, 0.15) is 31.7 Å². The summed E-state index contributed by atoms with van der Waals surface area (Å²) in [5.41, 5.74) is 2.92. The van der Waals surface area contributed by atoms with Gasteiger partial charge in [-0.15, -0.1) is 0 Å². The lowest BCUT2D eigenvalue weighted by molar-refractivity contribution is 0.168. The molecule has 1 unspecified atom stereocenters. The molecular formula is C14H21N3O. The van der Waals surface area contributed by atoms with Crippen molar-refractivity contribution < 1.29 is 5.11 Å². The van der Waals surface area contributed by atoms with Crippen LogP contribution in [-0.2, 0) is 6.54 Å². The number of rotatable bonds is 5.